The van der Waals surface area contributed by atoms with Gasteiger partial charge in [0.1, 0.15) is 11.5 Å². The van der Waals surface area contributed by atoms with Gasteiger partial charge in [-0.3, -0.25) is 4.79 Å². The van der Waals surface area contributed by atoms with Crippen molar-refractivity contribution < 1.29 is 14.3 Å². The number of benzene rings is 3. The van der Waals surface area contributed by atoms with Crippen LogP contribution in [0.5, 0.6) is 11.5 Å². The summed E-state index contributed by atoms with van der Waals surface area (Å²) in [4.78, 5) is 12.4. The van der Waals surface area contributed by atoms with Crippen LogP contribution < -0.4 is 9.47 Å². The first kappa shape index (κ1) is 15.8. The van der Waals surface area contributed by atoms with Gasteiger partial charge in [0.25, 0.3) is 0 Å². The topological polar surface area (TPSA) is 35.5 Å². The Hall–Kier alpha value is -3.07. The minimum absolute atomic E-state index is 0.0393. The first-order valence-corrected chi connectivity index (χ1v) is 7.64. The fraction of sp³-hybridized carbons (Fsp3) is 0.0952. The van der Waals surface area contributed by atoms with Crippen LogP contribution in [-0.2, 0) is 0 Å². The molecule has 3 nitrogen and oxygen atoms in total. The fourth-order valence-electron chi connectivity index (χ4n) is 2.54. The molecular weight excluding hydrogens is 300 g/mol. The van der Waals surface area contributed by atoms with Crippen LogP contribution in [0.1, 0.15) is 15.9 Å². The number of carbonyl (C=O) groups is 1. The fourth-order valence-corrected chi connectivity index (χ4v) is 2.54. The van der Waals surface area contributed by atoms with Crippen molar-refractivity contribution in [1.29, 1.82) is 0 Å². The molecule has 0 aliphatic rings. The Morgan fingerprint density at radius 3 is 2.17 bits per heavy atom. The van der Waals surface area contributed by atoms with Crippen LogP contribution in [0.3, 0.4) is 0 Å². The summed E-state index contributed by atoms with van der Waals surface area (Å²) in [7, 11) is 3.20. The standard InChI is InChI=1S/C21H18O3/c1-23-19-11-15(12-20(14-19)24-2)7-10-21(22)18-9-8-16-5-3-4-6-17(16)13-18/h3-14H,1-2H3/b10-7+. The lowest BCUT2D eigenvalue weighted by Crippen LogP contribution is -1.94. The first-order valence-electron chi connectivity index (χ1n) is 7.64. The molecule has 0 saturated carbocycles. The number of hydrogen-bond acceptors (Lipinski definition) is 3. The van der Waals surface area contributed by atoms with E-state index in [2.05, 4.69) is 0 Å². The van der Waals surface area contributed by atoms with Crippen molar-refractivity contribution in [2.75, 3.05) is 14.2 Å². The molecule has 0 fully saturated rings. The number of methoxy groups -OCH3 is 2. The Morgan fingerprint density at radius 1 is 0.833 bits per heavy atom. The molecule has 3 aromatic rings. The van der Waals surface area contributed by atoms with E-state index in [1.54, 1.807) is 32.4 Å². The van der Waals surface area contributed by atoms with Crippen molar-refractivity contribution in [3.63, 3.8) is 0 Å². The number of fused-ring (bicyclic) bond motifs is 1. The highest BCUT2D eigenvalue weighted by Gasteiger charge is 2.04. The van der Waals surface area contributed by atoms with Crippen molar-refractivity contribution in [3.05, 3.63) is 77.9 Å². The van der Waals surface area contributed by atoms with E-state index in [0.29, 0.717) is 17.1 Å². The van der Waals surface area contributed by atoms with Crippen LogP contribution in [0.4, 0.5) is 0 Å². The third-order valence-electron chi connectivity index (χ3n) is 3.83. The number of allylic oxidation sites excluding steroid dienone is 1. The van der Waals surface area contributed by atoms with E-state index >= 15 is 0 Å². The minimum Gasteiger partial charge on any atom is -0.497 e. The Balaban J connectivity index is 1.86. The van der Waals surface area contributed by atoms with Gasteiger partial charge in [-0.1, -0.05) is 42.5 Å². The summed E-state index contributed by atoms with van der Waals surface area (Å²) < 4.78 is 10.5. The number of ketones is 1. The molecule has 0 saturated heterocycles. The van der Waals surface area contributed by atoms with Gasteiger partial charge < -0.3 is 9.47 Å². The zero-order valence-corrected chi connectivity index (χ0v) is 13.7. The normalized spacial score (nSPS) is 10.9. The van der Waals surface area contributed by atoms with Crippen LogP contribution in [0.2, 0.25) is 0 Å². The lowest BCUT2D eigenvalue weighted by Gasteiger charge is -2.05. The van der Waals surface area contributed by atoms with Crippen molar-refractivity contribution in [2.24, 2.45) is 0 Å². The molecule has 0 atom stereocenters. The van der Waals surface area contributed by atoms with Gasteiger partial charge in [0.2, 0.25) is 0 Å². The molecule has 0 N–H and O–H groups in total. The van der Waals surface area contributed by atoms with Crippen LogP contribution in [0.25, 0.3) is 16.8 Å². The highest BCUT2D eigenvalue weighted by molar-refractivity contribution is 6.08. The summed E-state index contributed by atoms with van der Waals surface area (Å²) in [5.41, 5.74) is 1.51. The molecule has 3 rings (SSSR count). The monoisotopic (exact) mass is 318 g/mol. The second-order valence-corrected chi connectivity index (χ2v) is 5.41. The van der Waals surface area contributed by atoms with Gasteiger partial charge in [-0.05, 0) is 40.6 Å². The van der Waals surface area contributed by atoms with Gasteiger partial charge in [-0.2, -0.15) is 0 Å². The second kappa shape index (κ2) is 7.01. The van der Waals surface area contributed by atoms with Crippen molar-refractivity contribution in [2.45, 2.75) is 0 Å². The molecule has 0 unspecified atom stereocenters. The molecule has 0 amide bonds. The molecule has 0 aliphatic carbocycles. The summed E-state index contributed by atoms with van der Waals surface area (Å²) in [6.45, 7) is 0. The molecule has 0 bridgehead atoms. The molecule has 0 spiro atoms. The van der Waals surface area contributed by atoms with Crippen LogP contribution in [0.15, 0.2) is 66.7 Å². The number of carbonyl (C=O) groups excluding carboxylic acids is 1. The minimum atomic E-state index is -0.0393. The van der Waals surface area contributed by atoms with E-state index in [1.807, 2.05) is 54.6 Å². The molecule has 0 radical (unpaired) electrons. The number of ether oxygens (including phenoxy) is 2. The van der Waals surface area contributed by atoms with E-state index in [-0.39, 0.29) is 5.78 Å². The molecule has 24 heavy (non-hydrogen) atoms. The Kier molecular flexibility index (Phi) is 4.62. The predicted molar refractivity (Wildman–Crippen MR) is 96.9 cm³/mol. The lowest BCUT2D eigenvalue weighted by molar-refractivity contribution is 0.104. The van der Waals surface area contributed by atoms with Gasteiger partial charge in [0.15, 0.2) is 5.78 Å². The summed E-state index contributed by atoms with van der Waals surface area (Å²) in [6.07, 6.45) is 3.33. The van der Waals surface area contributed by atoms with Crippen LogP contribution >= 0.6 is 0 Å². The summed E-state index contributed by atoms with van der Waals surface area (Å²) in [5.74, 6) is 1.34. The lowest BCUT2D eigenvalue weighted by atomic mass is 10.0. The molecule has 120 valence electrons. The maximum atomic E-state index is 12.4. The van der Waals surface area contributed by atoms with Crippen molar-refractivity contribution in [3.8, 4) is 11.5 Å². The smallest absolute Gasteiger partial charge is 0.185 e. The molecular formula is C21H18O3. The van der Waals surface area contributed by atoms with E-state index in [4.69, 9.17) is 9.47 Å². The molecule has 3 aromatic carbocycles. The zero-order valence-electron chi connectivity index (χ0n) is 13.7. The first-order chi connectivity index (χ1) is 11.7. The average Bonchev–Trinajstić information content (AvgIpc) is 2.65. The molecule has 0 aromatic heterocycles. The van der Waals surface area contributed by atoms with Gasteiger partial charge in [0, 0.05) is 11.6 Å². The average molecular weight is 318 g/mol. The SMILES string of the molecule is COc1cc(/C=C/C(=O)c2ccc3ccccc3c2)cc(OC)c1. The summed E-state index contributed by atoms with van der Waals surface area (Å²) in [6, 6.07) is 19.2. The highest BCUT2D eigenvalue weighted by atomic mass is 16.5. The number of hydrogen-bond donors (Lipinski definition) is 0. The van der Waals surface area contributed by atoms with Crippen LogP contribution in [0, 0.1) is 0 Å². The van der Waals surface area contributed by atoms with Crippen molar-refractivity contribution >= 4 is 22.6 Å². The maximum absolute atomic E-state index is 12.4. The van der Waals surface area contributed by atoms with E-state index in [0.717, 1.165) is 16.3 Å². The van der Waals surface area contributed by atoms with Gasteiger partial charge in [-0.25, -0.2) is 0 Å². The van der Waals surface area contributed by atoms with E-state index in [1.165, 1.54) is 0 Å². The Morgan fingerprint density at radius 2 is 1.50 bits per heavy atom. The predicted octanol–water partition coefficient (Wildman–Crippen LogP) is 4.75. The quantitative estimate of drug-likeness (QED) is 0.503. The Labute approximate surface area is 141 Å². The summed E-state index contributed by atoms with van der Waals surface area (Å²) >= 11 is 0. The van der Waals surface area contributed by atoms with Gasteiger partial charge in [-0.15, -0.1) is 0 Å². The highest BCUT2D eigenvalue weighted by Crippen LogP contribution is 2.23. The van der Waals surface area contributed by atoms with Gasteiger partial charge >= 0.3 is 0 Å². The zero-order chi connectivity index (χ0) is 16.9. The maximum Gasteiger partial charge on any atom is 0.185 e. The largest absolute Gasteiger partial charge is 0.497 e. The van der Waals surface area contributed by atoms with Crippen molar-refractivity contribution in [1.82, 2.24) is 0 Å². The van der Waals surface area contributed by atoms with Crippen LogP contribution in [-0.4, -0.2) is 20.0 Å². The molecule has 0 aliphatic heterocycles. The second-order valence-electron chi connectivity index (χ2n) is 5.41. The molecule has 3 heteroatoms. The van der Waals surface area contributed by atoms with E-state index in [9.17, 15) is 4.79 Å². The third-order valence-corrected chi connectivity index (χ3v) is 3.83. The van der Waals surface area contributed by atoms with E-state index < -0.39 is 0 Å². The molecule has 0 heterocycles. The third kappa shape index (κ3) is 3.46. The Bertz CT molecular complexity index is 888. The summed E-state index contributed by atoms with van der Waals surface area (Å²) in [5, 5.41) is 2.18. The van der Waals surface area contributed by atoms with Gasteiger partial charge in [0.05, 0.1) is 14.2 Å². The number of rotatable bonds is 5.